The highest BCUT2D eigenvalue weighted by molar-refractivity contribution is 8.01. The van der Waals surface area contributed by atoms with Crippen molar-refractivity contribution in [1.82, 2.24) is 15.2 Å². The van der Waals surface area contributed by atoms with E-state index in [1.807, 2.05) is 30.1 Å². The molecular formula is C14H17N3OS2. The third kappa shape index (κ3) is 2.97. The van der Waals surface area contributed by atoms with E-state index in [2.05, 4.69) is 16.4 Å². The number of para-hydroxylation sites is 1. The van der Waals surface area contributed by atoms with Crippen LogP contribution in [-0.4, -0.2) is 47.7 Å². The van der Waals surface area contributed by atoms with Crippen LogP contribution in [0.4, 0.5) is 0 Å². The van der Waals surface area contributed by atoms with Crippen LogP contribution >= 0.6 is 23.1 Å². The number of carbonyl (C=O) groups excluding carboxylic acids is 1. The number of carbonyl (C=O) groups is 1. The van der Waals surface area contributed by atoms with Crippen LogP contribution in [0.2, 0.25) is 0 Å². The van der Waals surface area contributed by atoms with E-state index in [1.54, 1.807) is 11.3 Å². The maximum absolute atomic E-state index is 12.2. The first-order valence-corrected chi connectivity index (χ1v) is 8.49. The van der Waals surface area contributed by atoms with E-state index in [-0.39, 0.29) is 5.91 Å². The summed E-state index contributed by atoms with van der Waals surface area (Å²) in [5.41, 5.74) is 1.01. The molecule has 1 saturated heterocycles. The van der Waals surface area contributed by atoms with Gasteiger partial charge in [-0.15, -0.1) is 11.3 Å². The van der Waals surface area contributed by atoms with Gasteiger partial charge in [0.2, 0.25) is 5.91 Å². The molecule has 1 aromatic carbocycles. The number of fused-ring (bicyclic) bond motifs is 1. The Morgan fingerprint density at radius 3 is 3.15 bits per heavy atom. The van der Waals surface area contributed by atoms with E-state index in [0.717, 1.165) is 29.4 Å². The molecule has 1 aliphatic heterocycles. The zero-order valence-electron chi connectivity index (χ0n) is 11.3. The number of thioether (sulfide) groups is 1. The molecule has 1 amide bonds. The van der Waals surface area contributed by atoms with Crippen molar-refractivity contribution in [2.45, 2.75) is 16.8 Å². The van der Waals surface area contributed by atoms with Crippen molar-refractivity contribution in [3.8, 4) is 0 Å². The van der Waals surface area contributed by atoms with Crippen molar-refractivity contribution in [2.24, 2.45) is 0 Å². The van der Waals surface area contributed by atoms with Gasteiger partial charge in [-0.2, -0.15) is 0 Å². The zero-order valence-corrected chi connectivity index (χ0v) is 13.0. The second kappa shape index (κ2) is 6.11. The lowest BCUT2D eigenvalue weighted by Crippen LogP contribution is -2.39. The Balaban J connectivity index is 1.59. The van der Waals surface area contributed by atoms with Crippen molar-refractivity contribution in [3.05, 3.63) is 24.3 Å². The Morgan fingerprint density at radius 2 is 2.40 bits per heavy atom. The number of thiazole rings is 1. The Morgan fingerprint density at radius 1 is 1.55 bits per heavy atom. The van der Waals surface area contributed by atoms with Gasteiger partial charge < -0.3 is 10.2 Å². The molecule has 0 saturated carbocycles. The SMILES string of the molecule is CN(C(=O)CSc1nc2ccccc2s1)C1CCNC1. The van der Waals surface area contributed by atoms with E-state index in [0.29, 0.717) is 11.8 Å². The summed E-state index contributed by atoms with van der Waals surface area (Å²) in [5, 5.41) is 3.29. The molecule has 1 N–H and O–H groups in total. The van der Waals surface area contributed by atoms with Crippen LogP contribution in [0.15, 0.2) is 28.6 Å². The van der Waals surface area contributed by atoms with Gasteiger partial charge in [0, 0.05) is 19.6 Å². The summed E-state index contributed by atoms with van der Waals surface area (Å²) in [6.07, 6.45) is 1.05. The van der Waals surface area contributed by atoms with Gasteiger partial charge in [0.25, 0.3) is 0 Å². The van der Waals surface area contributed by atoms with Gasteiger partial charge in [-0.1, -0.05) is 23.9 Å². The van der Waals surface area contributed by atoms with Gasteiger partial charge in [0.05, 0.1) is 16.0 Å². The highest BCUT2D eigenvalue weighted by Crippen LogP contribution is 2.29. The smallest absolute Gasteiger partial charge is 0.233 e. The van der Waals surface area contributed by atoms with Crippen LogP contribution in [0, 0.1) is 0 Å². The van der Waals surface area contributed by atoms with Crippen LogP contribution in [0.3, 0.4) is 0 Å². The zero-order chi connectivity index (χ0) is 13.9. The summed E-state index contributed by atoms with van der Waals surface area (Å²) in [5.74, 6) is 0.648. The van der Waals surface area contributed by atoms with Crippen molar-refractivity contribution in [1.29, 1.82) is 0 Å². The number of benzene rings is 1. The topological polar surface area (TPSA) is 45.2 Å². The van der Waals surface area contributed by atoms with Crippen LogP contribution in [-0.2, 0) is 4.79 Å². The summed E-state index contributed by atoms with van der Waals surface area (Å²) in [4.78, 5) is 18.6. The Bertz CT molecular complexity index is 574. The molecule has 4 nitrogen and oxygen atoms in total. The molecule has 106 valence electrons. The van der Waals surface area contributed by atoms with Crippen LogP contribution in [0.25, 0.3) is 10.2 Å². The van der Waals surface area contributed by atoms with Gasteiger partial charge in [0.15, 0.2) is 4.34 Å². The molecule has 2 aromatic rings. The average Bonchev–Trinajstić information content (AvgIpc) is 3.12. The lowest BCUT2D eigenvalue weighted by molar-refractivity contribution is -0.128. The molecule has 0 bridgehead atoms. The third-order valence-corrected chi connectivity index (χ3v) is 5.73. The summed E-state index contributed by atoms with van der Waals surface area (Å²) in [6.45, 7) is 1.92. The first kappa shape index (κ1) is 13.9. The molecule has 6 heteroatoms. The van der Waals surface area contributed by atoms with Crippen LogP contribution in [0.1, 0.15) is 6.42 Å². The van der Waals surface area contributed by atoms with Crippen LogP contribution < -0.4 is 5.32 Å². The number of aromatic nitrogens is 1. The maximum Gasteiger partial charge on any atom is 0.233 e. The molecule has 1 atom stereocenters. The van der Waals surface area contributed by atoms with Crippen molar-refractivity contribution in [3.63, 3.8) is 0 Å². The molecular weight excluding hydrogens is 290 g/mol. The van der Waals surface area contributed by atoms with Crippen molar-refractivity contribution in [2.75, 3.05) is 25.9 Å². The first-order valence-electron chi connectivity index (χ1n) is 6.69. The Labute approximate surface area is 126 Å². The predicted molar refractivity (Wildman–Crippen MR) is 84.4 cm³/mol. The molecule has 0 aliphatic carbocycles. The monoisotopic (exact) mass is 307 g/mol. The summed E-state index contributed by atoms with van der Waals surface area (Å²) < 4.78 is 2.15. The summed E-state index contributed by atoms with van der Waals surface area (Å²) in [6, 6.07) is 8.42. The molecule has 1 aromatic heterocycles. The fourth-order valence-electron chi connectivity index (χ4n) is 2.31. The fraction of sp³-hybridized carbons (Fsp3) is 0.429. The number of likely N-dealkylation sites (N-methyl/N-ethyl adjacent to an activating group) is 1. The van der Waals surface area contributed by atoms with E-state index < -0.39 is 0 Å². The lowest BCUT2D eigenvalue weighted by atomic mass is 10.2. The number of hydrogen-bond donors (Lipinski definition) is 1. The number of rotatable bonds is 4. The van der Waals surface area contributed by atoms with Gasteiger partial charge in [0.1, 0.15) is 0 Å². The highest BCUT2D eigenvalue weighted by Gasteiger charge is 2.23. The first-order chi connectivity index (χ1) is 9.74. The molecule has 1 unspecified atom stereocenters. The Kier molecular flexibility index (Phi) is 4.24. The van der Waals surface area contributed by atoms with E-state index in [4.69, 9.17) is 0 Å². The van der Waals surface area contributed by atoms with E-state index in [9.17, 15) is 4.79 Å². The average molecular weight is 307 g/mol. The minimum absolute atomic E-state index is 0.183. The third-order valence-electron chi connectivity index (χ3n) is 3.57. The van der Waals surface area contributed by atoms with Gasteiger partial charge in [-0.25, -0.2) is 4.98 Å². The highest BCUT2D eigenvalue weighted by atomic mass is 32.2. The van der Waals surface area contributed by atoms with Gasteiger partial charge in [-0.3, -0.25) is 4.79 Å². The van der Waals surface area contributed by atoms with Crippen LogP contribution in [0.5, 0.6) is 0 Å². The number of amides is 1. The number of nitrogens with one attached hydrogen (secondary N) is 1. The maximum atomic E-state index is 12.2. The lowest BCUT2D eigenvalue weighted by Gasteiger charge is -2.23. The molecule has 20 heavy (non-hydrogen) atoms. The largest absolute Gasteiger partial charge is 0.341 e. The minimum Gasteiger partial charge on any atom is -0.341 e. The number of nitrogens with zero attached hydrogens (tertiary/aromatic N) is 2. The van der Waals surface area contributed by atoms with Gasteiger partial charge >= 0.3 is 0 Å². The second-order valence-electron chi connectivity index (χ2n) is 4.89. The molecule has 1 fully saturated rings. The quantitative estimate of drug-likeness (QED) is 0.880. The molecule has 2 heterocycles. The second-order valence-corrected chi connectivity index (χ2v) is 7.14. The fourth-order valence-corrected chi connectivity index (χ4v) is 4.30. The summed E-state index contributed by atoms with van der Waals surface area (Å²) in [7, 11) is 1.90. The standard InChI is InChI=1S/C14H17N3OS2/c1-17(10-6-7-15-8-10)13(18)9-19-14-16-11-4-2-3-5-12(11)20-14/h2-5,10,15H,6-9H2,1H3. The molecule has 0 radical (unpaired) electrons. The minimum atomic E-state index is 0.183. The van der Waals surface area contributed by atoms with Crippen molar-refractivity contribution < 1.29 is 4.79 Å². The summed E-state index contributed by atoms with van der Waals surface area (Å²) >= 11 is 3.19. The van der Waals surface area contributed by atoms with Gasteiger partial charge in [-0.05, 0) is 25.1 Å². The van der Waals surface area contributed by atoms with E-state index in [1.165, 1.54) is 16.5 Å². The van der Waals surface area contributed by atoms with Crippen molar-refractivity contribution >= 4 is 39.2 Å². The predicted octanol–water partition coefficient (Wildman–Crippen LogP) is 2.21. The molecule has 1 aliphatic rings. The molecule has 0 spiro atoms. The number of hydrogen-bond acceptors (Lipinski definition) is 5. The Hall–Kier alpha value is -1.11. The van der Waals surface area contributed by atoms with E-state index >= 15 is 0 Å². The normalized spacial score (nSPS) is 18.6. The molecule has 3 rings (SSSR count).